The number of benzene rings is 1. The van der Waals surface area contributed by atoms with Gasteiger partial charge in [-0.2, -0.15) is 5.10 Å². The van der Waals surface area contributed by atoms with E-state index in [9.17, 15) is 9.59 Å². The van der Waals surface area contributed by atoms with Gasteiger partial charge < -0.3 is 10.1 Å². The van der Waals surface area contributed by atoms with Crippen molar-refractivity contribution >= 4 is 23.8 Å². The van der Waals surface area contributed by atoms with Crippen molar-refractivity contribution in [1.82, 2.24) is 19.7 Å². The highest BCUT2D eigenvalue weighted by atomic mass is 16.6. The van der Waals surface area contributed by atoms with Crippen LogP contribution in [0.25, 0.3) is 17.2 Å². The van der Waals surface area contributed by atoms with Gasteiger partial charge in [0.25, 0.3) is 0 Å². The zero-order valence-electron chi connectivity index (χ0n) is 19.2. The van der Waals surface area contributed by atoms with Gasteiger partial charge in [-0.1, -0.05) is 6.07 Å². The molecule has 33 heavy (non-hydrogen) atoms. The number of rotatable bonds is 4. The Balaban J connectivity index is 1.42. The number of carbonyl (C=O) groups excluding carboxylic acids is 2. The van der Waals surface area contributed by atoms with Crippen LogP contribution in [-0.4, -0.2) is 37.3 Å². The predicted molar refractivity (Wildman–Crippen MR) is 126 cm³/mol. The van der Waals surface area contributed by atoms with Gasteiger partial charge in [-0.25, -0.2) is 4.79 Å². The lowest BCUT2D eigenvalue weighted by molar-refractivity contribution is -0.111. The van der Waals surface area contributed by atoms with E-state index >= 15 is 0 Å². The van der Waals surface area contributed by atoms with Crippen LogP contribution in [-0.2, 0) is 29.7 Å². The van der Waals surface area contributed by atoms with E-state index in [1.165, 1.54) is 6.08 Å². The Labute approximate surface area is 192 Å². The molecule has 0 saturated heterocycles. The standard InChI is InChI=1S/C25H27N5O3/c1-25(2,3)33-24(32)30-15-18-5-7-21(11-19(18)16-30)28-23(31)8-6-17-12-26-10-9-22(17)20-13-27-29(4)14-20/h5-14H,15-16H2,1-4H3,(H,28,31)/b8-6+. The molecule has 8 nitrogen and oxygen atoms in total. The number of nitrogens with one attached hydrogen (secondary N) is 1. The molecular formula is C25H27N5O3. The predicted octanol–water partition coefficient (Wildman–Crippen LogP) is 4.38. The number of aromatic nitrogens is 3. The maximum absolute atomic E-state index is 12.5. The quantitative estimate of drug-likeness (QED) is 0.602. The van der Waals surface area contributed by atoms with Gasteiger partial charge in [-0.3, -0.25) is 19.4 Å². The first-order chi connectivity index (χ1) is 15.7. The first-order valence-corrected chi connectivity index (χ1v) is 10.7. The molecule has 0 aliphatic carbocycles. The van der Waals surface area contributed by atoms with Crippen LogP contribution in [0.5, 0.6) is 0 Å². The fourth-order valence-corrected chi connectivity index (χ4v) is 3.64. The fraction of sp³-hybridized carbons (Fsp3) is 0.280. The lowest BCUT2D eigenvalue weighted by atomic mass is 10.0. The summed E-state index contributed by atoms with van der Waals surface area (Å²) < 4.78 is 7.19. The highest BCUT2D eigenvalue weighted by molar-refractivity contribution is 6.02. The van der Waals surface area contributed by atoms with Gasteiger partial charge in [-0.15, -0.1) is 0 Å². The molecule has 3 aromatic rings. The van der Waals surface area contributed by atoms with Crippen molar-refractivity contribution in [2.75, 3.05) is 5.32 Å². The molecule has 170 valence electrons. The monoisotopic (exact) mass is 445 g/mol. The highest BCUT2D eigenvalue weighted by Crippen LogP contribution is 2.27. The molecule has 0 bridgehead atoms. The summed E-state index contributed by atoms with van der Waals surface area (Å²) in [5.74, 6) is -0.252. The van der Waals surface area contributed by atoms with Crippen molar-refractivity contribution in [3.05, 3.63) is 71.8 Å². The van der Waals surface area contributed by atoms with E-state index in [4.69, 9.17) is 4.74 Å². The number of nitrogens with zero attached hydrogens (tertiary/aromatic N) is 4. The summed E-state index contributed by atoms with van der Waals surface area (Å²) in [7, 11) is 1.86. The van der Waals surface area contributed by atoms with Crippen LogP contribution in [0, 0.1) is 0 Å². The lowest BCUT2D eigenvalue weighted by Gasteiger charge is -2.24. The Bertz CT molecular complexity index is 1220. The zero-order chi connectivity index (χ0) is 23.6. The smallest absolute Gasteiger partial charge is 0.410 e. The molecule has 0 fully saturated rings. The van der Waals surface area contributed by atoms with E-state index in [1.54, 1.807) is 34.2 Å². The van der Waals surface area contributed by atoms with Crippen LogP contribution in [0.1, 0.15) is 37.5 Å². The van der Waals surface area contributed by atoms with E-state index in [2.05, 4.69) is 15.4 Å². The van der Waals surface area contributed by atoms with Gasteiger partial charge in [0, 0.05) is 61.6 Å². The molecule has 2 amide bonds. The van der Waals surface area contributed by atoms with E-state index in [0.717, 1.165) is 27.8 Å². The highest BCUT2D eigenvalue weighted by Gasteiger charge is 2.27. The van der Waals surface area contributed by atoms with Crippen molar-refractivity contribution in [2.45, 2.75) is 39.5 Å². The van der Waals surface area contributed by atoms with Crippen LogP contribution >= 0.6 is 0 Å². The van der Waals surface area contributed by atoms with Gasteiger partial charge in [-0.05, 0) is 61.7 Å². The van der Waals surface area contributed by atoms with Crippen molar-refractivity contribution < 1.29 is 14.3 Å². The summed E-state index contributed by atoms with van der Waals surface area (Å²) in [6, 6.07) is 7.57. The van der Waals surface area contributed by atoms with Crippen LogP contribution in [0.15, 0.2) is 55.1 Å². The number of aryl methyl sites for hydroxylation is 1. The van der Waals surface area contributed by atoms with E-state index in [-0.39, 0.29) is 12.0 Å². The second-order valence-electron chi connectivity index (χ2n) is 9.01. The number of anilines is 1. The minimum atomic E-state index is -0.539. The Morgan fingerprint density at radius 1 is 1.12 bits per heavy atom. The van der Waals surface area contributed by atoms with Crippen molar-refractivity contribution in [3.63, 3.8) is 0 Å². The molecule has 8 heteroatoms. The molecule has 0 spiro atoms. The maximum atomic E-state index is 12.5. The lowest BCUT2D eigenvalue weighted by Crippen LogP contribution is -2.33. The van der Waals surface area contributed by atoms with Crippen molar-refractivity contribution in [3.8, 4) is 11.1 Å². The average molecular weight is 446 g/mol. The normalized spacial score (nSPS) is 13.3. The van der Waals surface area contributed by atoms with Gasteiger partial charge in [0.15, 0.2) is 0 Å². The molecule has 0 radical (unpaired) electrons. The molecule has 1 aliphatic heterocycles. The summed E-state index contributed by atoms with van der Waals surface area (Å²) >= 11 is 0. The molecule has 1 N–H and O–H groups in total. The summed E-state index contributed by atoms with van der Waals surface area (Å²) in [6.45, 7) is 6.49. The molecule has 0 unspecified atom stereocenters. The van der Waals surface area contributed by atoms with Crippen molar-refractivity contribution in [1.29, 1.82) is 0 Å². The molecule has 2 aromatic heterocycles. The first-order valence-electron chi connectivity index (χ1n) is 10.7. The Morgan fingerprint density at radius 2 is 1.91 bits per heavy atom. The van der Waals surface area contributed by atoms with Gasteiger partial charge in [0.2, 0.25) is 5.91 Å². The SMILES string of the molecule is Cn1cc(-c2ccncc2/C=C/C(=O)Nc2ccc3c(c2)CN(C(=O)OC(C)(C)C)C3)cn1. The number of carbonyl (C=O) groups is 2. The second kappa shape index (κ2) is 8.90. The largest absolute Gasteiger partial charge is 0.444 e. The van der Waals surface area contributed by atoms with E-state index in [0.29, 0.717) is 18.8 Å². The summed E-state index contributed by atoms with van der Waals surface area (Å²) in [5, 5.41) is 7.10. The maximum Gasteiger partial charge on any atom is 0.410 e. The Morgan fingerprint density at radius 3 is 2.64 bits per heavy atom. The fourth-order valence-electron chi connectivity index (χ4n) is 3.64. The van der Waals surface area contributed by atoms with Gasteiger partial charge >= 0.3 is 6.09 Å². The average Bonchev–Trinajstić information content (AvgIpc) is 3.37. The third kappa shape index (κ3) is 5.46. The van der Waals surface area contributed by atoms with Crippen LogP contribution in [0.3, 0.4) is 0 Å². The third-order valence-electron chi connectivity index (χ3n) is 5.13. The minimum Gasteiger partial charge on any atom is -0.444 e. The number of amides is 2. The molecular weight excluding hydrogens is 418 g/mol. The van der Waals surface area contributed by atoms with E-state index in [1.807, 2.05) is 58.3 Å². The molecule has 3 heterocycles. The number of fused-ring (bicyclic) bond motifs is 1. The Kier molecular flexibility index (Phi) is 6.00. The zero-order valence-corrected chi connectivity index (χ0v) is 19.2. The molecule has 0 saturated carbocycles. The first kappa shape index (κ1) is 22.3. The summed E-state index contributed by atoms with van der Waals surface area (Å²) in [5.41, 5.74) is 4.90. The number of ether oxygens (including phenoxy) is 1. The second-order valence-corrected chi connectivity index (χ2v) is 9.01. The molecule has 1 aromatic carbocycles. The topological polar surface area (TPSA) is 89.4 Å². The summed E-state index contributed by atoms with van der Waals surface area (Å²) in [6.07, 6.45) is 10.0. The van der Waals surface area contributed by atoms with Crippen LogP contribution < -0.4 is 5.32 Å². The number of hydrogen-bond donors (Lipinski definition) is 1. The van der Waals surface area contributed by atoms with Crippen LogP contribution in [0.2, 0.25) is 0 Å². The van der Waals surface area contributed by atoms with Crippen LogP contribution in [0.4, 0.5) is 10.5 Å². The third-order valence-corrected chi connectivity index (χ3v) is 5.13. The molecule has 4 rings (SSSR count). The molecule has 1 aliphatic rings. The van der Waals surface area contributed by atoms with Crippen molar-refractivity contribution in [2.24, 2.45) is 7.05 Å². The van der Waals surface area contributed by atoms with Gasteiger partial charge in [0.05, 0.1) is 6.20 Å². The number of hydrogen-bond acceptors (Lipinski definition) is 5. The van der Waals surface area contributed by atoms with E-state index < -0.39 is 5.60 Å². The molecule has 0 atom stereocenters. The number of pyridine rings is 1. The summed E-state index contributed by atoms with van der Waals surface area (Å²) in [4.78, 5) is 30.7. The minimum absolute atomic E-state index is 0.252. The van der Waals surface area contributed by atoms with Gasteiger partial charge in [0.1, 0.15) is 5.60 Å². The Hall–Kier alpha value is -3.94.